The molecule has 6 rings (SSSR count). The Morgan fingerprint density at radius 1 is 0.755 bits per heavy atom. The molecule has 2 aromatic carbocycles. The highest BCUT2D eigenvalue weighted by atomic mass is 35.5. The van der Waals surface area contributed by atoms with Gasteiger partial charge in [-0.3, -0.25) is 19.3 Å². The maximum Gasteiger partial charge on any atom is 0.303 e. The van der Waals surface area contributed by atoms with Crippen LogP contribution in [-0.4, -0.2) is 78.5 Å². The summed E-state index contributed by atoms with van der Waals surface area (Å²) in [6.07, 6.45) is 4.24. The number of rotatable bonds is 11. The van der Waals surface area contributed by atoms with Gasteiger partial charge in [0.15, 0.2) is 11.6 Å². The van der Waals surface area contributed by atoms with E-state index in [9.17, 15) is 14.4 Å². The molecule has 2 aromatic heterocycles. The maximum atomic E-state index is 13.5. The number of carboxylic acids is 1. The van der Waals surface area contributed by atoms with E-state index in [-0.39, 0.29) is 18.2 Å². The van der Waals surface area contributed by atoms with Gasteiger partial charge in [0.2, 0.25) is 0 Å². The highest BCUT2D eigenvalue weighted by Gasteiger charge is 2.27. The van der Waals surface area contributed by atoms with Gasteiger partial charge in [0.1, 0.15) is 0 Å². The van der Waals surface area contributed by atoms with Gasteiger partial charge in [0.25, 0.3) is 11.8 Å². The van der Waals surface area contributed by atoms with Gasteiger partial charge < -0.3 is 29.8 Å². The van der Waals surface area contributed by atoms with Gasteiger partial charge in [-0.15, -0.1) is 0 Å². The lowest BCUT2D eigenvalue weighted by Crippen LogP contribution is -2.32. The predicted molar refractivity (Wildman–Crippen MR) is 189 cm³/mol. The number of amides is 2. The Labute approximate surface area is 295 Å². The number of aliphatic carboxylic acids is 1. The largest absolute Gasteiger partial charge is 0.481 e. The smallest absolute Gasteiger partial charge is 0.303 e. The molecule has 12 nitrogen and oxygen atoms in total. The van der Waals surface area contributed by atoms with Crippen molar-refractivity contribution in [2.45, 2.75) is 51.6 Å². The number of nitrogens with one attached hydrogen (secondary N) is 2. The first-order chi connectivity index (χ1) is 23.5. The van der Waals surface area contributed by atoms with E-state index in [4.69, 9.17) is 33.3 Å². The average molecular weight is 708 g/mol. The van der Waals surface area contributed by atoms with Crippen molar-refractivity contribution in [3.63, 3.8) is 0 Å². The number of carboxylic acid groups (broad SMARTS) is 1. The fourth-order valence-corrected chi connectivity index (χ4v) is 7.21. The minimum atomic E-state index is -0.763. The summed E-state index contributed by atoms with van der Waals surface area (Å²) >= 11 is 13.8. The number of hydrogen-bond acceptors (Lipinski definition) is 7. The van der Waals surface area contributed by atoms with E-state index in [2.05, 4.69) is 25.4 Å². The molecule has 2 amide bonds. The predicted octanol–water partition coefficient (Wildman–Crippen LogP) is 5.62. The molecule has 258 valence electrons. The fourth-order valence-electron chi connectivity index (χ4n) is 6.66. The molecule has 0 aliphatic carbocycles. The number of fused-ring (bicyclic) bond motifs is 2. The number of halogens is 2. The fraction of sp³-hybridized carbons (Fsp3) is 0.400. The molecule has 14 heteroatoms. The van der Waals surface area contributed by atoms with Crippen LogP contribution in [0.5, 0.6) is 0 Å². The summed E-state index contributed by atoms with van der Waals surface area (Å²) in [4.78, 5) is 51.4. The Morgan fingerprint density at radius 3 is 1.84 bits per heavy atom. The Hall–Kier alpha value is -4.23. The number of likely N-dealkylation sites (N-methyl/N-ethyl adjacent to an activating group) is 1. The van der Waals surface area contributed by atoms with Crippen molar-refractivity contribution in [3.05, 3.63) is 80.9 Å². The van der Waals surface area contributed by atoms with Crippen molar-refractivity contribution >= 4 is 52.4 Å². The number of carbonyl (C=O) groups is 3. The molecule has 49 heavy (non-hydrogen) atoms. The number of nitrogens with zero attached hydrogens (tertiary/aromatic N) is 6. The molecular weight excluding hydrogens is 667 g/mol. The normalized spacial score (nSPS) is 14.7. The molecule has 4 aromatic rings. The standard InChI is InChI=1S/C35H40Cl2N8O4/c1-42-17-14-27-25(19-42)38-32(43(27)2)34(48)40-23-11-7-9-21(30(23)36)22-10-8-12-24(31(22)37)41-35(49)33-39-26-20-45(18-15-28(26)44(33)3)16-6-4-5-13-29(46)47/h7-12H,4-6,13-20H2,1-3H3,(H,40,48)(H,41,49)(H,46,47). The van der Waals surface area contributed by atoms with E-state index in [1.165, 1.54) is 0 Å². The Bertz CT molecular complexity index is 1920. The van der Waals surface area contributed by atoms with Gasteiger partial charge in [-0.2, -0.15) is 0 Å². The number of carbonyl (C=O) groups excluding carboxylic acids is 2. The lowest BCUT2D eigenvalue weighted by atomic mass is 10.0. The van der Waals surface area contributed by atoms with Crippen LogP contribution in [0.1, 0.15) is 69.7 Å². The van der Waals surface area contributed by atoms with E-state index in [1.807, 2.05) is 42.4 Å². The first kappa shape index (κ1) is 34.6. The zero-order valence-electron chi connectivity index (χ0n) is 27.9. The number of anilines is 2. The first-order valence-corrected chi connectivity index (χ1v) is 17.2. The van der Waals surface area contributed by atoms with E-state index in [1.54, 1.807) is 24.3 Å². The van der Waals surface area contributed by atoms with Gasteiger partial charge in [-0.25, -0.2) is 9.97 Å². The second-order valence-electron chi connectivity index (χ2n) is 12.7. The van der Waals surface area contributed by atoms with Crippen LogP contribution in [0.4, 0.5) is 11.4 Å². The average Bonchev–Trinajstić information content (AvgIpc) is 3.58. The summed E-state index contributed by atoms with van der Waals surface area (Å²) in [5.41, 5.74) is 5.86. The summed E-state index contributed by atoms with van der Waals surface area (Å²) < 4.78 is 3.69. The SMILES string of the molecule is CN1CCc2c(nc(C(=O)Nc3cccc(-c4cccc(NC(=O)c5nc6c(n5C)CCN(CCCCCC(=O)O)C6)c4Cl)c3Cl)n2C)C1. The van der Waals surface area contributed by atoms with Crippen LogP contribution in [0.2, 0.25) is 10.0 Å². The molecule has 3 N–H and O–H groups in total. The van der Waals surface area contributed by atoms with E-state index in [0.717, 1.165) is 68.1 Å². The molecule has 0 atom stereocenters. The second kappa shape index (κ2) is 14.7. The minimum Gasteiger partial charge on any atom is -0.481 e. The Kier molecular flexibility index (Phi) is 10.4. The number of hydrogen-bond donors (Lipinski definition) is 3. The van der Waals surface area contributed by atoms with Crippen molar-refractivity contribution < 1.29 is 19.5 Å². The summed E-state index contributed by atoms with van der Waals surface area (Å²) in [6, 6.07) is 10.6. The highest BCUT2D eigenvalue weighted by molar-refractivity contribution is 6.40. The van der Waals surface area contributed by atoms with Crippen LogP contribution < -0.4 is 10.6 Å². The van der Waals surface area contributed by atoms with E-state index < -0.39 is 5.97 Å². The van der Waals surface area contributed by atoms with E-state index >= 15 is 0 Å². The zero-order chi connectivity index (χ0) is 34.8. The summed E-state index contributed by atoms with van der Waals surface area (Å²) in [6.45, 7) is 3.94. The van der Waals surface area contributed by atoms with Crippen molar-refractivity contribution in [3.8, 4) is 11.1 Å². The monoisotopic (exact) mass is 706 g/mol. The molecule has 0 bridgehead atoms. The summed E-state index contributed by atoms with van der Waals surface area (Å²) in [5.74, 6) is -0.891. The van der Waals surface area contributed by atoms with Crippen molar-refractivity contribution in [1.29, 1.82) is 0 Å². The van der Waals surface area contributed by atoms with Crippen LogP contribution in [0.25, 0.3) is 11.1 Å². The Morgan fingerprint density at radius 2 is 1.29 bits per heavy atom. The number of imidazole rings is 2. The molecular formula is C35H40Cl2N8O4. The van der Waals surface area contributed by atoms with Crippen LogP contribution >= 0.6 is 23.2 Å². The van der Waals surface area contributed by atoms with Crippen LogP contribution in [0.3, 0.4) is 0 Å². The van der Waals surface area contributed by atoms with Crippen LogP contribution in [0, 0.1) is 0 Å². The third-order valence-electron chi connectivity index (χ3n) is 9.34. The van der Waals surface area contributed by atoms with Crippen molar-refractivity contribution in [2.75, 3.05) is 37.3 Å². The van der Waals surface area contributed by atoms with Gasteiger partial charge >= 0.3 is 5.97 Å². The number of unbranched alkanes of at least 4 members (excludes halogenated alkanes) is 2. The molecule has 2 aliphatic heterocycles. The maximum absolute atomic E-state index is 13.5. The topological polar surface area (TPSA) is 138 Å². The molecule has 0 radical (unpaired) electrons. The van der Waals surface area contributed by atoms with Crippen LogP contribution in [0.15, 0.2) is 36.4 Å². The second-order valence-corrected chi connectivity index (χ2v) is 13.5. The molecule has 0 saturated heterocycles. The first-order valence-electron chi connectivity index (χ1n) is 16.4. The van der Waals surface area contributed by atoms with Crippen LogP contribution in [-0.2, 0) is 44.8 Å². The quantitative estimate of drug-likeness (QED) is 0.171. The number of benzene rings is 2. The highest BCUT2D eigenvalue weighted by Crippen LogP contribution is 2.40. The molecule has 2 aliphatic rings. The molecule has 0 spiro atoms. The van der Waals surface area contributed by atoms with Crippen molar-refractivity contribution in [2.24, 2.45) is 14.1 Å². The number of aromatic nitrogens is 4. The Balaban J connectivity index is 1.15. The lowest BCUT2D eigenvalue weighted by molar-refractivity contribution is -0.137. The molecule has 0 saturated carbocycles. The van der Waals surface area contributed by atoms with E-state index in [0.29, 0.717) is 63.7 Å². The third-order valence-corrected chi connectivity index (χ3v) is 10.2. The minimum absolute atomic E-state index is 0.194. The zero-order valence-corrected chi connectivity index (χ0v) is 29.4. The molecule has 4 heterocycles. The molecule has 0 unspecified atom stereocenters. The van der Waals surface area contributed by atoms with Gasteiger partial charge in [-0.1, -0.05) is 53.9 Å². The van der Waals surface area contributed by atoms with Gasteiger partial charge in [-0.05, 0) is 38.6 Å². The van der Waals surface area contributed by atoms with Gasteiger partial charge in [0.05, 0.1) is 32.8 Å². The summed E-state index contributed by atoms with van der Waals surface area (Å²) in [7, 11) is 5.73. The van der Waals surface area contributed by atoms with Crippen molar-refractivity contribution in [1.82, 2.24) is 28.9 Å². The third kappa shape index (κ3) is 7.37. The lowest BCUT2D eigenvalue weighted by Gasteiger charge is -2.26. The van der Waals surface area contributed by atoms with Gasteiger partial charge in [0, 0.05) is 82.1 Å². The summed E-state index contributed by atoms with van der Waals surface area (Å²) in [5, 5.41) is 15.3. The molecule has 0 fully saturated rings.